The average molecular weight is 365 g/mol. The molecule has 0 N–H and O–H groups in total. The Hall–Kier alpha value is -2.46. The quantitative estimate of drug-likeness (QED) is 0.610. The third kappa shape index (κ3) is 3.86. The predicted molar refractivity (Wildman–Crippen MR) is 108 cm³/mol. The highest BCUT2D eigenvalue weighted by Crippen LogP contribution is 2.27. The lowest BCUT2D eigenvalue weighted by atomic mass is 10.1. The van der Waals surface area contributed by atoms with Gasteiger partial charge >= 0.3 is 0 Å². The van der Waals surface area contributed by atoms with Crippen molar-refractivity contribution in [2.45, 2.75) is 40.2 Å². The van der Waals surface area contributed by atoms with Gasteiger partial charge in [-0.2, -0.15) is 4.99 Å². The molecule has 3 rings (SSSR count). The molecule has 0 spiro atoms. The standard InChI is InChI=1S/C22H24N2OS/c1-4-9-19-20(17-10-7-6-8-11-17)24(5-2)22(26-19)23-21(25)18-14-12-16(3)13-15-18/h6-8,10-15H,4-5,9H2,1-3H3. The number of carbonyl (C=O) groups is 1. The number of rotatable bonds is 5. The van der Waals surface area contributed by atoms with Gasteiger partial charge in [-0.25, -0.2) is 0 Å². The van der Waals surface area contributed by atoms with E-state index >= 15 is 0 Å². The van der Waals surface area contributed by atoms with Crippen molar-refractivity contribution in [1.82, 2.24) is 4.57 Å². The number of amides is 1. The average Bonchev–Trinajstić information content (AvgIpc) is 3.00. The Morgan fingerprint density at radius 1 is 1.04 bits per heavy atom. The van der Waals surface area contributed by atoms with Gasteiger partial charge in [0.05, 0.1) is 5.69 Å². The van der Waals surface area contributed by atoms with Crippen LogP contribution in [0.25, 0.3) is 11.3 Å². The summed E-state index contributed by atoms with van der Waals surface area (Å²) in [5, 5.41) is 0. The molecule has 0 fully saturated rings. The van der Waals surface area contributed by atoms with Gasteiger partial charge in [0.2, 0.25) is 0 Å². The predicted octanol–water partition coefficient (Wildman–Crippen LogP) is 5.24. The summed E-state index contributed by atoms with van der Waals surface area (Å²) in [7, 11) is 0. The summed E-state index contributed by atoms with van der Waals surface area (Å²) in [6.07, 6.45) is 2.05. The van der Waals surface area contributed by atoms with Crippen molar-refractivity contribution in [1.29, 1.82) is 0 Å². The summed E-state index contributed by atoms with van der Waals surface area (Å²) in [4.78, 5) is 19.2. The molecule has 0 radical (unpaired) electrons. The maximum Gasteiger partial charge on any atom is 0.279 e. The summed E-state index contributed by atoms with van der Waals surface area (Å²) in [5.74, 6) is -0.184. The SMILES string of the molecule is CCCc1sc(=NC(=O)c2ccc(C)cc2)n(CC)c1-c1ccccc1. The Labute approximate surface area is 158 Å². The van der Waals surface area contributed by atoms with E-state index in [-0.39, 0.29) is 5.91 Å². The largest absolute Gasteiger partial charge is 0.316 e. The minimum atomic E-state index is -0.184. The van der Waals surface area contributed by atoms with E-state index in [9.17, 15) is 4.79 Å². The lowest BCUT2D eigenvalue weighted by molar-refractivity contribution is 0.0998. The van der Waals surface area contributed by atoms with Crippen molar-refractivity contribution >= 4 is 17.2 Å². The molecular weight excluding hydrogens is 340 g/mol. The van der Waals surface area contributed by atoms with Gasteiger partial charge in [0.15, 0.2) is 4.80 Å². The number of benzene rings is 2. The summed E-state index contributed by atoms with van der Waals surface area (Å²) < 4.78 is 2.16. The first-order chi connectivity index (χ1) is 12.6. The first-order valence-electron chi connectivity index (χ1n) is 9.07. The number of carbonyl (C=O) groups excluding carboxylic acids is 1. The van der Waals surface area contributed by atoms with E-state index in [0.717, 1.165) is 29.8 Å². The molecule has 0 bridgehead atoms. The molecule has 0 saturated heterocycles. The van der Waals surface area contributed by atoms with Crippen LogP contribution in [-0.4, -0.2) is 10.5 Å². The molecule has 0 atom stereocenters. The van der Waals surface area contributed by atoms with Crippen molar-refractivity contribution < 1.29 is 4.79 Å². The number of aryl methyl sites for hydroxylation is 2. The Bertz CT molecular complexity index is 950. The highest BCUT2D eigenvalue weighted by Gasteiger charge is 2.15. The number of thiazole rings is 1. The smallest absolute Gasteiger partial charge is 0.279 e. The molecule has 3 aromatic rings. The van der Waals surface area contributed by atoms with E-state index in [1.807, 2.05) is 37.3 Å². The fourth-order valence-corrected chi connectivity index (χ4v) is 4.30. The van der Waals surface area contributed by atoms with Crippen LogP contribution in [0, 0.1) is 6.92 Å². The Balaban J connectivity index is 2.12. The Morgan fingerprint density at radius 2 is 1.73 bits per heavy atom. The maximum absolute atomic E-state index is 12.6. The third-order valence-corrected chi connectivity index (χ3v) is 5.45. The summed E-state index contributed by atoms with van der Waals surface area (Å²) in [5.41, 5.74) is 4.14. The number of nitrogens with zero attached hydrogens (tertiary/aromatic N) is 2. The zero-order chi connectivity index (χ0) is 18.5. The fraction of sp³-hybridized carbons (Fsp3) is 0.273. The minimum Gasteiger partial charge on any atom is -0.316 e. The van der Waals surface area contributed by atoms with Crippen molar-refractivity contribution in [3.8, 4) is 11.3 Å². The minimum absolute atomic E-state index is 0.184. The molecule has 1 heterocycles. The van der Waals surface area contributed by atoms with Gasteiger partial charge in [0, 0.05) is 17.0 Å². The molecule has 4 heteroatoms. The van der Waals surface area contributed by atoms with Crippen molar-refractivity contribution in [3.05, 3.63) is 75.4 Å². The second kappa shape index (κ2) is 8.28. The molecule has 0 saturated carbocycles. The van der Waals surface area contributed by atoms with Crippen LogP contribution in [0.4, 0.5) is 0 Å². The van der Waals surface area contributed by atoms with Gasteiger partial charge in [-0.1, -0.05) is 61.4 Å². The molecule has 0 aliphatic rings. The van der Waals surface area contributed by atoms with Crippen LogP contribution in [-0.2, 0) is 13.0 Å². The van der Waals surface area contributed by atoms with Crippen LogP contribution in [0.15, 0.2) is 59.6 Å². The molecule has 0 aliphatic heterocycles. The zero-order valence-corrected chi connectivity index (χ0v) is 16.3. The Morgan fingerprint density at radius 3 is 2.35 bits per heavy atom. The fourth-order valence-electron chi connectivity index (χ4n) is 2.99. The van der Waals surface area contributed by atoms with Crippen LogP contribution < -0.4 is 4.80 Å². The monoisotopic (exact) mass is 364 g/mol. The summed E-state index contributed by atoms with van der Waals surface area (Å²) in [6.45, 7) is 7.08. The number of hydrogen-bond donors (Lipinski definition) is 0. The van der Waals surface area contributed by atoms with Gasteiger partial charge in [-0.05, 0) is 38.0 Å². The third-order valence-electron chi connectivity index (χ3n) is 4.32. The molecule has 2 aromatic carbocycles. The van der Waals surface area contributed by atoms with Gasteiger partial charge in [-0.15, -0.1) is 11.3 Å². The second-order valence-electron chi connectivity index (χ2n) is 6.30. The summed E-state index contributed by atoms with van der Waals surface area (Å²) >= 11 is 1.63. The zero-order valence-electron chi connectivity index (χ0n) is 15.5. The van der Waals surface area contributed by atoms with Crippen LogP contribution in [0.1, 0.15) is 41.1 Å². The van der Waals surface area contributed by atoms with Gasteiger partial charge in [0.1, 0.15) is 0 Å². The molecule has 1 aromatic heterocycles. The van der Waals surface area contributed by atoms with Crippen molar-refractivity contribution in [2.24, 2.45) is 4.99 Å². The lowest BCUT2D eigenvalue weighted by Crippen LogP contribution is -2.17. The highest BCUT2D eigenvalue weighted by molar-refractivity contribution is 7.09. The Kier molecular flexibility index (Phi) is 5.84. The second-order valence-corrected chi connectivity index (χ2v) is 7.36. The highest BCUT2D eigenvalue weighted by atomic mass is 32.1. The summed E-state index contributed by atoms with van der Waals surface area (Å²) in [6, 6.07) is 18.0. The normalized spacial score (nSPS) is 11.7. The van der Waals surface area contributed by atoms with Crippen LogP contribution in [0.5, 0.6) is 0 Å². The van der Waals surface area contributed by atoms with Crippen molar-refractivity contribution in [2.75, 3.05) is 0 Å². The van der Waals surface area contributed by atoms with E-state index < -0.39 is 0 Å². The molecule has 134 valence electrons. The molecule has 1 amide bonds. The van der Waals surface area contributed by atoms with Crippen LogP contribution >= 0.6 is 11.3 Å². The molecular formula is C22H24N2OS. The van der Waals surface area contributed by atoms with E-state index in [0.29, 0.717) is 5.56 Å². The van der Waals surface area contributed by atoms with E-state index in [2.05, 4.69) is 47.7 Å². The van der Waals surface area contributed by atoms with Crippen molar-refractivity contribution in [3.63, 3.8) is 0 Å². The lowest BCUT2D eigenvalue weighted by Gasteiger charge is -2.08. The molecule has 0 aliphatic carbocycles. The maximum atomic E-state index is 12.6. The first-order valence-corrected chi connectivity index (χ1v) is 9.89. The number of hydrogen-bond acceptors (Lipinski definition) is 2. The number of aromatic nitrogens is 1. The topological polar surface area (TPSA) is 34.4 Å². The molecule has 26 heavy (non-hydrogen) atoms. The van der Waals surface area contributed by atoms with E-state index in [1.165, 1.54) is 16.1 Å². The van der Waals surface area contributed by atoms with Gasteiger partial charge in [-0.3, -0.25) is 4.79 Å². The van der Waals surface area contributed by atoms with Gasteiger partial charge < -0.3 is 4.57 Å². The van der Waals surface area contributed by atoms with Gasteiger partial charge in [0.25, 0.3) is 5.91 Å². The molecule has 3 nitrogen and oxygen atoms in total. The molecule has 0 unspecified atom stereocenters. The first kappa shape index (κ1) is 18.3. The van der Waals surface area contributed by atoms with Crippen LogP contribution in [0.2, 0.25) is 0 Å². The van der Waals surface area contributed by atoms with E-state index in [4.69, 9.17) is 0 Å². The van der Waals surface area contributed by atoms with Crippen LogP contribution in [0.3, 0.4) is 0 Å². The van der Waals surface area contributed by atoms with E-state index in [1.54, 1.807) is 11.3 Å².